The second kappa shape index (κ2) is 10.1. The molecule has 39 heavy (non-hydrogen) atoms. The Labute approximate surface area is 235 Å². The molecule has 0 saturated heterocycles. The molecular formula is C33H21Cl2N2O2. The predicted octanol–water partition coefficient (Wildman–Crippen LogP) is 7.95. The van der Waals surface area contributed by atoms with Crippen LogP contribution in [0.3, 0.4) is 0 Å². The Morgan fingerprint density at radius 1 is 0.769 bits per heavy atom. The van der Waals surface area contributed by atoms with Gasteiger partial charge in [0, 0.05) is 49.6 Å². The summed E-state index contributed by atoms with van der Waals surface area (Å²) in [5.74, 6) is -0.531. The quantitative estimate of drug-likeness (QED) is 0.215. The van der Waals surface area contributed by atoms with Gasteiger partial charge in [0.25, 0.3) is 0 Å². The summed E-state index contributed by atoms with van der Waals surface area (Å²) in [6, 6.07) is 34.9. The van der Waals surface area contributed by atoms with Crippen LogP contribution in [0.25, 0.3) is 32.9 Å². The highest BCUT2D eigenvalue weighted by Crippen LogP contribution is 2.39. The number of halogens is 2. The van der Waals surface area contributed by atoms with Crippen molar-refractivity contribution in [3.63, 3.8) is 0 Å². The first kappa shape index (κ1) is 24.9. The van der Waals surface area contributed by atoms with Crippen molar-refractivity contribution in [1.29, 1.82) is 0 Å². The van der Waals surface area contributed by atoms with E-state index in [-0.39, 0.29) is 5.78 Å². The molecule has 6 rings (SSSR count). The largest absolute Gasteiger partial charge is 0.366 e. The van der Waals surface area contributed by atoms with Crippen LogP contribution in [0.2, 0.25) is 10.0 Å². The minimum Gasteiger partial charge on any atom is -0.366 e. The summed E-state index contributed by atoms with van der Waals surface area (Å²) in [5, 5.41) is 2.60. The van der Waals surface area contributed by atoms with E-state index in [1.807, 2.05) is 78.9 Å². The molecule has 2 N–H and O–H groups in total. The Bertz CT molecular complexity index is 1870. The summed E-state index contributed by atoms with van der Waals surface area (Å²) in [4.78, 5) is 25.2. The molecule has 1 heterocycles. The molecule has 0 saturated carbocycles. The molecule has 0 aliphatic carbocycles. The molecule has 189 valence electrons. The first-order chi connectivity index (χ1) is 18.9. The van der Waals surface area contributed by atoms with Gasteiger partial charge in [0.2, 0.25) is 5.91 Å². The van der Waals surface area contributed by atoms with Gasteiger partial charge < -0.3 is 10.3 Å². The maximum atomic E-state index is 12.9. The van der Waals surface area contributed by atoms with Crippen molar-refractivity contribution in [2.75, 3.05) is 0 Å². The molecule has 6 aromatic rings. The molecule has 1 radical (unpaired) electrons. The predicted molar refractivity (Wildman–Crippen MR) is 158 cm³/mol. The van der Waals surface area contributed by atoms with Crippen LogP contribution in [0.5, 0.6) is 0 Å². The zero-order valence-electron chi connectivity index (χ0n) is 20.6. The number of rotatable bonds is 6. The van der Waals surface area contributed by atoms with Crippen LogP contribution < -0.4 is 5.73 Å². The van der Waals surface area contributed by atoms with E-state index in [4.69, 9.17) is 28.9 Å². The number of nitrogens with zero attached hydrogens (tertiary/aromatic N) is 1. The van der Waals surface area contributed by atoms with Crippen molar-refractivity contribution in [3.05, 3.63) is 141 Å². The van der Waals surface area contributed by atoms with Gasteiger partial charge in [-0.1, -0.05) is 89.9 Å². The molecule has 0 fully saturated rings. The highest BCUT2D eigenvalue weighted by molar-refractivity contribution is 6.39. The standard InChI is InChI=1S/C33H21Cl2N2O2/c34-26-9-5-10-27(35)30(26)23-16-17-24-29(18-23)37(28-11-4-8-25(31(24)28)33(36)39)19-20-12-14-22(15-13-20)32(38)21-6-2-1-3-7-21/h1-16,18H,19H2,(H2,36,39). The third-order valence-corrected chi connectivity index (χ3v) is 7.53. The van der Waals surface area contributed by atoms with Crippen LogP contribution in [0.15, 0.2) is 103 Å². The fraction of sp³-hybridized carbons (Fsp3) is 0.0303. The fourth-order valence-electron chi connectivity index (χ4n) is 5.05. The highest BCUT2D eigenvalue weighted by atomic mass is 35.5. The first-order valence-corrected chi connectivity index (χ1v) is 13.1. The van der Waals surface area contributed by atoms with Crippen LogP contribution in [-0.4, -0.2) is 16.3 Å². The van der Waals surface area contributed by atoms with Gasteiger partial charge in [-0.15, -0.1) is 0 Å². The summed E-state index contributed by atoms with van der Waals surface area (Å²) in [6.07, 6.45) is 0. The maximum Gasteiger partial charge on any atom is 0.249 e. The minimum absolute atomic E-state index is 0.0269. The van der Waals surface area contributed by atoms with E-state index < -0.39 is 5.91 Å². The number of nitrogens with two attached hydrogens (primary N) is 1. The lowest BCUT2D eigenvalue weighted by Gasteiger charge is -2.11. The van der Waals surface area contributed by atoms with Crippen molar-refractivity contribution in [2.45, 2.75) is 6.54 Å². The number of benzene rings is 5. The summed E-state index contributed by atoms with van der Waals surface area (Å²) in [6.45, 7) is 0.496. The van der Waals surface area contributed by atoms with Crippen LogP contribution in [0.4, 0.5) is 0 Å². The lowest BCUT2D eigenvalue weighted by atomic mass is 10.0. The molecule has 0 aliphatic heterocycles. The first-order valence-electron chi connectivity index (χ1n) is 12.3. The molecule has 0 spiro atoms. The topological polar surface area (TPSA) is 65.1 Å². The Morgan fingerprint density at radius 3 is 2.13 bits per heavy atom. The minimum atomic E-state index is -0.505. The zero-order chi connectivity index (χ0) is 27.1. The van der Waals surface area contributed by atoms with Crippen molar-refractivity contribution in [2.24, 2.45) is 5.73 Å². The van der Waals surface area contributed by atoms with Gasteiger partial charge in [-0.2, -0.15) is 0 Å². The summed E-state index contributed by atoms with van der Waals surface area (Å²) < 4.78 is 2.12. The molecule has 5 aromatic carbocycles. The third-order valence-electron chi connectivity index (χ3n) is 6.90. The summed E-state index contributed by atoms with van der Waals surface area (Å²) >= 11 is 13.0. The van der Waals surface area contributed by atoms with Gasteiger partial charge >= 0.3 is 0 Å². The molecule has 0 unspecified atom stereocenters. The number of carbonyl (C=O) groups excluding carboxylic acids is 2. The molecule has 0 bridgehead atoms. The number of amides is 1. The molecule has 6 heteroatoms. The number of fused-ring (bicyclic) bond motifs is 3. The smallest absolute Gasteiger partial charge is 0.249 e. The van der Waals surface area contributed by atoms with Crippen LogP contribution in [-0.2, 0) is 6.54 Å². The normalized spacial score (nSPS) is 11.2. The van der Waals surface area contributed by atoms with Crippen molar-refractivity contribution < 1.29 is 9.59 Å². The number of primary amides is 1. The number of ketones is 1. The zero-order valence-corrected chi connectivity index (χ0v) is 22.1. The van der Waals surface area contributed by atoms with E-state index in [2.05, 4.69) is 10.6 Å². The Hall–Kier alpha value is -4.38. The lowest BCUT2D eigenvalue weighted by molar-refractivity contribution is 0.1000. The molecule has 0 atom stereocenters. The Kier molecular flexibility index (Phi) is 6.43. The molecule has 0 aliphatic rings. The highest BCUT2D eigenvalue weighted by Gasteiger charge is 2.19. The monoisotopic (exact) mass is 547 g/mol. The van der Waals surface area contributed by atoms with Crippen LogP contribution in [0, 0.1) is 6.07 Å². The van der Waals surface area contributed by atoms with Gasteiger partial charge in [0.05, 0.1) is 11.0 Å². The maximum absolute atomic E-state index is 12.9. The van der Waals surface area contributed by atoms with Crippen molar-refractivity contribution >= 4 is 56.7 Å². The third kappa shape index (κ3) is 4.48. The van der Waals surface area contributed by atoms with Gasteiger partial charge in [-0.3, -0.25) is 9.59 Å². The second-order valence-electron chi connectivity index (χ2n) is 9.29. The Morgan fingerprint density at radius 2 is 1.44 bits per heavy atom. The summed E-state index contributed by atoms with van der Waals surface area (Å²) in [7, 11) is 0. The number of hydrogen-bond acceptors (Lipinski definition) is 2. The van der Waals surface area contributed by atoms with Crippen LogP contribution >= 0.6 is 23.2 Å². The fourth-order valence-corrected chi connectivity index (χ4v) is 5.67. The molecule has 1 amide bonds. The number of hydrogen-bond donors (Lipinski definition) is 1. The van der Waals surface area contributed by atoms with Crippen LogP contribution in [0.1, 0.15) is 31.8 Å². The molecular weight excluding hydrogens is 527 g/mol. The van der Waals surface area contributed by atoms with E-state index in [0.29, 0.717) is 33.3 Å². The lowest BCUT2D eigenvalue weighted by Crippen LogP contribution is -2.11. The van der Waals surface area contributed by atoms with Crippen molar-refractivity contribution in [3.8, 4) is 11.1 Å². The van der Waals surface area contributed by atoms with E-state index in [0.717, 1.165) is 38.5 Å². The van der Waals surface area contributed by atoms with Gasteiger partial charge in [0.1, 0.15) is 0 Å². The SMILES string of the molecule is NC(=O)c1cccc2c1c1[c]cc(-c3c(Cl)cccc3Cl)cc1n2Cc1ccc(C(=O)c2ccccc2)cc1. The van der Waals surface area contributed by atoms with E-state index >= 15 is 0 Å². The molecule has 4 nitrogen and oxygen atoms in total. The van der Waals surface area contributed by atoms with Gasteiger partial charge in [-0.25, -0.2) is 0 Å². The molecule has 1 aromatic heterocycles. The van der Waals surface area contributed by atoms with E-state index in [1.165, 1.54) is 0 Å². The average Bonchev–Trinajstić information content (AvgIpc) is 3.26. The van der Waals surface area contributed by atoms with Gasteiger partial charge in [0.15, 0.2) is 5.78 Å². The number of carbonyl (C=O) groups is 2. The van der Waals surface area contributed by atoms with Crippen molar-refractivity contribution in [1.82, 2.24) is 4.57 Å². The van der Waals surface area contributed by atoms with Gasteiger partial charge in [-0.05, 0) is 53.6 Å². The van der Waals surface area contributed by atoms with E-state index in [1.54, 1.807) is 24.3 Å². The second-order valence-corrected chi connectivity index (χ2v) is 10.1. The average molecular weight is 548 g/mol. The Balaban J connectivity index is 1.49. The van der Waals surface area contributed by atoms with E-state index in [9.17, 15) is 9.59 Å². The summed E-state index contributed by atoms with van der Waals surface area (Å²) in [5.41, 5.74) is 11.7. The number of aromatic nitrogens is 1.